The number of rotatable bonds is 3. The lowest BCUT2D eigenvalue weighted by molar-refractivity contribution is 0.0901. The van der Waals surface area contributed by atoms with E-state index in [1.54, 1.807) is 27.4 Å². The SMILES string of the molecule is COc1cccc2c1CC[C@@H]1CC(=O)c3c(OC)cccc3[C@@]13c1ccc(OC)c4c(O)ccc(c14)C23. The van der Waals surface area contributed by atoms with E-state index in [9.17, 15) is 9.90 Å². The maximum absolute atomic E-state index is 13.7. The van der Waals surface area contributed by atoms with Crippen LogP contribution in [0.1, 0.15) is 56.9 Å². The van der Waals surface area contributed by atoms with Crippen molar-refractivity contribution in [1.82, 2.24) is 0 Å². The summed E-state index contributed by atoms with van der Waals surface area (Å²) in [5.74, 6) is 2.47. The van der Waals surface area contributed by atoms with Gasteiger partial charge in [-0.05, 0) is 76.2 Å². The highest BCUT2D eigenvalue weighted by Gasteiger charge is 2.59. The third-order valence-electron chi connectivity index (χ3n) is 9.05. The van der Waals surface area contributed by atoms with Gasteiger partial charge in [0.2, 0.25) is 0 Å². The van der Waals surface area contributed by atoms with E-state index < -0.39 is 5.41 Å². The summed E-state index contributed by atoms with van der Waals surface area (Å²) in [5, 5.41) is 12.8. The summed E-state index contributed by atoms with van der Waals surface area (Å²) in [6.07, 6.45) is 2.12. The second kappa shape index (κ2) is 7.75. The number of carbonyl (C=O) groups is 1. The van der Waals surface area contributed by atoms with E-state index in [1.165, 1.54) is 11.1 Å². The molecule has 0 bridgehead atoms. The molecule has 4 aromatic rings. The smallest absolute Gasteiger partial charge is 0.167 e. The summed E-state index contributed by atoms with van der Waals surface area (Å²) >= 11 is 0. The van der Waals surface area contributed by atoms with Crippen LogP contribution < -0.4 is 14.2 Å². The van der Waals surface area contributed by atoms with Gasteiger partial charge in [-0.2, -0.15) is 0 Å². The number of carbonyl (C=O) groups excluding carboxylic acids is 1. The third kappa shape index (κ3) is 2.61. The summed E-state index contributed by atoms with van der Waals surface area (Å²) in [7, 11) is 4.99. The number of methoxy groups -OCH3 is 3. The van der Waals surface area contributed by atoms with Crippen molar-refractivity contribution >= 4 is 16.6 Å². The Morgan fingerprint density at radius 2 is 1.54 bits per heavy atom. The molecule has 0 saturated heterocycles. The van der Waals surface area contributed by atoms with Crippen molar-refractivity contribution in [2.24, 2.45) is 5.92 Å². The minimum Gasteiger partial charge on any atom is -0.507 e. The van der Waals surface area contributed by atoms with Crippen LogP contribution in [-0.2, 0) is 11.8 Å². The molecular formula is C32H28O5. The zero-order chi connectivity index (χ0) is 25.5. The van der Waals surface area contributed by atoms with Crippen LogP contribution in [0.5, 0.6) is 23.0 Å². The second-order valence-electron chi connectivity index (χ2n) is 10.3. The molecule has 0 fully saturated rings. The molecule has 5 nitrogen and oxygen atoms in total. The van der Waals surface area contributed by atoms with Gasteiger partial charge < -0.3 is 19.3 Å². The van der Waals surface area contributed by atoms with Crippen molar-refractivity contribution in [2.75, 3.05) is 21.3 Å². The van der Waals surface area contributed by atoms with Crippen LogP contribution in [0.3, 0.4) is 0 Å². The molecule has 0 aliphatic heterocycles. The number of phenolic OH excluding ortho intramolecular Hbond substituents is 1. The molecule has 3 aliphatic rings. The fourth-order valence-electron chi connectivity index (χ4n) is 7.80. The van der Waals surface area contributed by atoms with Crippen LogP contribution >= 0.6 is 0 Å². The van der Waals surface area contributed by atoms with E-state index >= 15 is 0 Å². The van der Waals surface area contributed by atoms with Crippen LogP contribution in [0.4, 0.5) is 0 Å². The van der Waals surface area contributed by atoms with E-state index in [4.69, 9.17) is 14.2 Å². The Labute approximate surface area is 215 Å². The molecule has 0 aromatic heterocycles. The van der Waals surface area contributed by atoms with Crippen LogP contribution in [0, 0.1) is 5.92 Å². The number of hydrogen-bond acceptors (Lipinski definition) is 5. The summed E-state index contributed by atoms with van der Waals surface area (Å²) in [6.45, 7) is 0. The lowest BCUT2D eigenvalue weighted by atomic mass is 9.54. The topological polar surface area (TPSA) is 65.0 Å². The third-order valence-corrected chi connectivity index (χ3v) is 9.05. The Kier molecular flexibility index (Phi) is 4.66. The summed E-state index contributed by atoms with van der Waals surface area (Å²) in [4.78, 5) is 13.7. The van der Waals surface area contributed by atoms with E-state index in [1.807, 2.05) is 24.3 Å². The fourth-order valence-corrected chi connectivity index (χ4v) is 7.80. The first-order valence-corrected chi connectivity index (χ1v) is 12.8. The first-order chi connectivity index (χ1) is 18.1. The summed E-state index contributed by atoms with van der Waals surface area (Å²) in [6, 6.07) is 20.3. The zero-order valence-electron chi connectivity index (χ0n) is 21.1. The van der Waals surface area contributed by atoms with Crippen LogP contribution in [0.15, 0.2) is 60.7 Å². The Hall–Kier alpha value is -3.99. The van der Waals surface area contributed by atoms with Gasteiger partial charge in [0.05, 0.1) is 32.3 Å². The highest BCUT2D eigenvalue weighted by Crippen LogP contribution is 2.67. The molecule has 7 rings (SSSR count). The van der Waals surface area contributed by atoms with Gasteiger partial charge in [-0.15, -0.1) is 0 Å². The molecule has 0 heterocycles. The molecule has 5 heteroatoms. The van der Waals surface area contributed by atoms with Crippen molar-refractivity contribution in [3.8, 4) is 23.0 Å². The van der Waals surface area contributed by atoms with E-state index in [-0.39, 0.29) is 23.4 Å². The molecule has 0 amide bonds. The molecule has 3 atom stereocenters. The molecular weight excluding hydrogens is 464 g/mol. The van der Waals surface area contributed by atoms with E-state index in [0.29, 0.717) is 23.5 Å². The number of phenols is 1. The first-order valence-electron chi connectivity index (χ1n) is 12.8. The van der Waals surface area contributed by atoms with Gasteiger partial charge in [0.25, 0.3) is 0 Å². The fraction of sp³-hybridized carbons (Fsp3) is 0.281. The lowest BCUT2D eigenvalue weighted by Crippen LogP contribution is -2.45. The largest absolute Gasteiger partial charge is 0.507 e. The lowest BCUT2D eigenvalue weighted by Gasteiger charge is -2.47. The Balaban J connectivity index is 1.70. The molecule has 1 N–H and O–H groups in total. The monoisotopic (exact) mass is 492 g/mol. The molecule has 1 unspecified atom stereocenters. The molecule has 186 valence electrons. The summed E-state index contributed by atoms with van der Waals surface area (Å²) < 4.78 is 17.3. The quantitative estimate of drug-likeness (QED) is 0.372. The normalized spacial score (nSPS) is 22.9. The standard InChI is InChI=1S/C32H28O5/c1-35-25-8-4-6-19-18(25)11-10-17-16-24(34)29-21(7-5-9-26(29)36-2)32(17)22-13-15-27(37-3)30-23(33)14-12-20(28(22)30)31(19)32/h4-9,12-15,17,31,33H,10-11,16H2,1-3H3/t17-,31?,32-/m1/s1. The van der Waals surface area contributed by atoms with Crippen molar-refractivity contribution in [2.45, 2.75) is 30.6 Å². The van der Waals surface area contributed by atoms with Crippen LogP contribution in [-0.4, -0.2) is 32.2 Å². The Morgan fingerprint density at radius 3 is 2.32 bits per heavy atom. The summed E-state index contributed by atoms with van der Waals surface area (Å²) in [5.41, 5.74) is 5.88. The minimum absolute atomic E-state index is 0.0609. The molecule has 3 aliphatic carbocycles. The number of aromatic hydroxyl groups is 1. The molecule has 0 saturated carbocycles. The van der Waals surface area contributed by atoms with Gasteiger partial charge in [-0.1, -0.05) is 36.4 Å². The maximum Gasteiger partial charge on any atom is 0.167 e. The maximum atomic E-state index is 13.7. The number of fused-ring (bicyclic) bond motifs is 4. The van der Waals surface area contributed by atoms with Gasteiger partial charge in [0, 0.05) is 17.8 Å². The zero-order valence-corrected chi connectivity index (χ0v) is 21.1. The number of ether oxygens (including phenoxy) is 3. The molecule has 1 spiro atoms. The van der Waals surface area contributed by atoms with Gasteiger partial charge in [-0.3, -0.25) is 4.79 Å². The predicted octanol–water partition coefficient (Wildman–Crippen LogP) is 6.15. The van der Waals surface area contributed by atoms with Gasteiger partial charge >= 0.3 is 0 Å². The number of benzene rings is 4. The highest BCUT2D eigenvalue weighted by atomic mass is 16.5. The van der Waals surface area contributed by atoms with Gasteiger partial charge in [0.1, 0.15) is 23.0 Å². The molecule has 0 radical (unpaired) electrons. The average Bonchev–Trinajstić information content (AvgIpc) is 3.13. The molecule has 4 aromatic carbocycles. The van der Waals surface area contributed by atoms with E-state index in [2.05, 4.69) is 30.3 Å². The predicted molar refractivity (Wildman–Crippen MR) is 142 cm³/mol. The highest BCUT2D eigenvalue weighted by molar-refractivity contribution is 6.06. The Morgan fingerprint density at radius 1 is 0.784 bits per heavy atom. The van der Waals surface area contributed by atoms with Crippen molar-refractivity contribution in [1.29, 1.82) is 0 Å². The van der Waals surface area contributed by atoms with Gasteiger partial charge in [-0.25, -0.2) is 0 Å². The number of ketones is 1. The van der Waals surface area contributed by atoms with Gasteiger partial charge in [0.15, 0.2) is 5.78 Å². The Bertz CT molecular complexity index is 1620. The van der Waals surface area contributed by atoms with E-state index in [0.717, 1.165) is 46.1 Å². The van der Waals surface area contributed by atoms with Crippen molar-refractivity contribution < 1.29 is 24.1 Å². The second-order valence-corrected chi connectivity index (χ2v) is 10.3. The minimum atomic E-state index is -0.504. The van der Waals surface area contributed by atoms with Crippen molar-refractivity contribution in [3.63, 3.8) is 0 Å². The van der Waals surface area contributed by atoms with Crippen LogP contribution in [0.2, 0.25) is 0 Å². The van der Waals surface area contributed by atoms with Crippen molar-refractivity contribution in [3.05, 3.63) is 94.0 Å². The number of Topliss-reactive ketones (excluding diaryl/α,β-unsaturated/α-hetero) is 1. The average molecular weight is 493 g/mol. The van der Waals surface area contributed by atoms with Crippen LogP contribution in [0.25, 0.3) is 10.8 Å². The first kappa shape index (κ1) is 22.2. The molecule has 37 heavy (non-hydrogen) atoms. The number of hydrogen-bond donors (Lipinski definition) is 1.